The molecule has 0 saturated heterocycles. The zero-order chi connectivity index (χ0) is 16.8. The number of nitriles is 1. The van der Waals surface area contributed by atoms with E-state index in [1.807, 2.05) is 18.2 Å². The third-order valence-corrected chi connectivity index (χ3v) is 3.93. The van der Waals surface area contributed by atoms with E-state index in [1.165, 1.54) is 19.1 Å². The molecule has 120 valence electrons. The van der Waals surface area contributed by atoms with Gasteiger partial charge in [-0.05, 0) is 44.4 Å². The summed E-state index contributed by atoms with van der Waals surface area (Å²) in [6, 6.07) is 6.52. The number of ether oxygens (including phenoxy) is 1. The van der Waals surface area contributed by atoms with Crippen molar-refractivity contribution in [3.05, 3.63) is 40.9 Å². The molecule has 2 atom stereocenters. The maximum absolute atomic E-state index is 12.1. The molecule has 1 N–H and O–H groups in total. The number of carbonyl (C=O) groups is 2. The molecule has 1 aliphatic carbocycles. The topological polar surface area (TPSA) is 79.2 Å². The summed E-state index contributed by atoms with van der Waals surface area (Å²) >= 11 is 5.91. The largest absolute Gasteiger partial charge is 0.452 e. The number of esters is 1. The summed E-state index contributed by atoms with van der Waals surface area (Å²) in [4.78, 5) is 24.1. The number of rotatable bonds is 4. The number of nitrogens with one attached hydrogen (secondary N) is 1. The molecule has 1 amide bonds. The fraction of sp³-hybridized carbons (Fsp3) is 0.353. The van der Waals surface area contributed by atoms with Crippen LogP contribution in [0.2, 0.25) is 5.02 Å². The van der Waals surface area contributed by atoms with Gasteiger partial charge in [0.15, 0.2) is 6.10 Å². The lowest BCUT2D eigenvalue weighted by Crippen LogP contribution is -2.32. The summed E-state index contributed by atoms with van der Waals surface area (Å²) in [5.41, 5.74) is 0.775. The molecule has 0 aliphatic heterocycles. The summed E-state index contributed by atoms with van der Waals surface area (Å²) < 4.78 is 5.23. The fourth-order valence-electron chi connectivity index (χ4n) is 2.26. The van der Waals surface area contributed by atoms with Crippen LogP contribution < -0.4 is 5.32 Å². The van der Waals surface area contributed by atoms with Crippen molar-refractivity contribution in [3.8, 4) is 6.07 Å². The highest BCUT2D eigenvalue weighted by Crippen LogP contribution is 2.22. The SMILES string of the molecule is C[C@H](OC(=O)[C@H]1CC=CCC1)C(=O)Nc1ccc(C#N)c(Cl)c1. The van der Waals surface area contributed by atoms with Crippen molar-refractivity contribution in [2.75, 3.05) is 5.32 Å². The Labute approximate surface area is 139 Å². The van der Waals surface area contributed by atoms with Crippen LogP contribution in [0.15, 0.2) is 30.4 Å². The Balaban J connectivity index is 1.92. The average Bonchev–Trinajstić information content (AvgIpc) is 2.55. The number of anilines is 1. The number of hydrogen-bond donors (Lipinski definition) is 1. The van der Waals surface area contributed by atoms with Gasteiger partial charge in [0.2, 0.25) is 0 Å². The Morgan fingerprint density at radius 1 is 1.43 bits per heavy atom. The van der Waals surface area contributed by atoms with Crippen LogP contribution in [-0.2, 0) is 14.3 Å². The molecule has 1 aliphatic rings. The van der Waals surface area contributed by atoms with E-state index in [1.54, 1.807) is 6.07 Å². The average molecular weight is 333 g/mol. The van der Waals surface area contributed by atoms with Gasteiger partial charge in [-0.15, -0.1) is 0 Å². The Kier molecular flexibility index (Phi) is 5.78. The van der Waals surface area contributed by atoms with Crippen LogP contribution in [-0.4, -0.2) is 18.0 Å². The summed E-state index contributed by atoms with van der Waals surface area (Å²) in [6.45, 7) is 1.52. The summed E-state index contributed by atoms with van der Waals surface area (Å²) in [5, 5.41) is 11.7. The van der Waals surface area contributed by atoms with Gasteiger partial charge in [-0.2, -0.15) is 5.26 Å². The van der Waals surface area contributed by atoms with Gasteiger partial charge in [-0.1, -0.05) is 23.8 Å². The third-order valence-electron chi connectivity index (χ3n) is 3.62. The van der Waals surface area contributed by atoms with Gasteiger partial charge in [0.1, 0.15) is 6.07 Å². The molecule has 0 unspecified atom stereocenters. The molecule has 0 fully saturated rings. The van der Waals surface area contributed by atoms with Crippen molar-refractivity contribution in [1.82, 2.24) is 0 Å². The third kappa shape index (κ3) is 4.57. The van der Waals surface area contributed by atoms with E-state index in [0.29, 0.717) is 17.7 Å². The first kappa shape index (κ1) is 17.0. The van der Waals surface area contributed by atoms with Crippen LogP contribution in [0.1, 0.15) is 31.7 Å². The molecule has 5 nitrogen and oxygen atoms in total. The van der Waals surface area contributed by atoms with Gasteiger partial charge in [0.25, 0.3) is 5.91 Å². The molecule has 0 saturated carbocycles. The normalized spacial score (nSPS) is 17.9. The number of hydrogen-bond acceptors (Lipinski definition) is 4. The van der Waals surface area contributed by atoms with E-state index < -0.39 is 12.0 Å². The van der Waals surface area contributed by atoms with Gasteiger partial charge in [0, 0.05) is 5.69 Å². The van der Waals surface area contributed by atoms with Gasteiger partial charge in [-0.25, -0.2) is 0 Å². The molecule has 0 bridgehead atoms. The lowest BCUT2D eigenvalue weighted by Gasteiger charge is -2.19. The van der Waals surface area contributed by atoms with E-state index in [4.69, 9.17) is 21.6 Å². The summed E-state index contributed by atoms with van der Waals surface area (Å²) in [7, 11) is 0. The number of benzene rings is 1. The summed E-state index contributed by atoms with van der Waals surface area (Å²) in [6.07, 6.45) is 5.34. The van der Waals surface area contributed by atoms with E-state index in [-0.39, 0.29) is 16.9 Å². The maximum atomic E-state index is 12.1. The molecule has 1 aromatic carbocycles. The Hall–Kier alpha value is -2.32. The Morgan fingerprint density at radius 3 is 2.83 bits per heavy atom. The quantitative estimate of drug-likeness (QED) is 0.676. The minimum Gasteiger partial charge on any atom is -0.452 e. The number of carbonyl (C=O) groups excluding carboxylic acids is 2. The van der Waals surface area contributed by atoms with Gasteiger partial charge < -0.3 is 10.1 Å². The number of halogens is 1. The molecule has 23 heavy (non-hydrogen) atoms. The molecule has 0 aromatic heterocycles. The lowest BCUT2D eigenvalue weighted by atomic mass is 9.95. The number of allylic oxidation sites excluding steroid dienone is 2. The first-order valence-corrected chi connectivity index (χ1v) is 7.75. The van der Waals surface area contributed by atoms with E-state index in [2.05, 4.69) is 5.32 Å². The van der Waals surface area contributed by atoms with Gasteiger partial charge >= 0.3 is 5.97 Å². The predicted octanol–water partition coefficient (Wildman–Crippen LogP) is 3.44. The smallest absolute Gasteiger partial charge is 0.310 e. The maximum Gasteiger partial charge on any atom is 0.310 e. The molecular weight excluding hydrogens is 316 g/mol. The van der Waals surface area contributed by atoms with Crippen molar-refractivity contribution >= 4 is 29.2 Å². The van der Waals surface area contributed by atoms with Gasteiger partial charge in [-0.3, -0.25) is 9.59 Å². The Bertz CT molecular complexity index is 679. The molecular formula is C17H17ClN2O3. The highest BCUT2D eigenvalue weighted by atomic mass is 35.5. The van der Waals surface area contributed by atoms with Crippen molar-refractivity contribution < 1.29 is 14.3 Å². The molecule has 2 rings (SSSR count). The fourth-order valence-corrected chi connectivity index (χ4v) is 2.48. The second-order valence-corrected chi connectivity index (χ2v) is 5.76. The summed E-state index contributed by atoms with van der Waals surface area (Å²) in [5.74, 6) is -0.972. The molecule has 0 spiro atoms. The van der Waals surface area contributed by atoms with Crippen LogP contribution in [0.4, 0.5) is 5.69 Å². The lowest BCUT2D eigenvalue weighted by molar-refractivity contribution is -0.157. The minimum atomic E-state index is -0.900. The molecule has 0 radical (unpaired) electrons. The van der Waals surface area contributed by atoms with Crippen molar-refractivity contribution in [2.24, 2.45) is 5.92 Å². The van der Waals surface area contributed by atoms with E-state index in [0.717, 1.165) is 12.8 Å². The highest BCUT2D eigenvalue weighted by Gasteiger charge is 2.25. The van der Waals surface area contributed by atoms with E-state index >= 15 is 0 Å². The van der Waals surface area contributed by atoms with Crippen LogP contribution in [0.5, 0.6) is 0 Å². The van der Waals surface area contributed by atoms with Gasteiger partial charge in [0.05, 0.1) is 16.5 Å². The van der Waals surface area contributed by atoms with Crippen molar-refractivity contribution in [3.63, 3.8) is 0 Å². The second-order valence-electron chi connectivity index (χ2n) is 5.36. The Morgan fingerprint density at radius 2 is 2.22 bits per heavy atom. The standard InChI is InChI=1S/C17H17ClN2O3/c1-11(23-17(22)12-5-3-2-4-6-12)16(21)20-14-8-7-13(10-19)15(18)9-14/h2-3,7-9,11-12H,4-6H2,1H3,(H,20,21)/t11-,12-/m0/s1. The van der Waals surface area contributed by atoms with Crippen molar-refractivity contribution in [1.29, 1.82) is 5.26 Å². The predicted molar refractivity (Wildman–Crippen MR) is 86.8 cm³/mol. The highest BCUT2D eigenvalue weighted by molar-refractivity contribution is 6.32. The monoisotopic (exact) mass is 332 g/mol. The first-order valence-electron chi connectivity index (χ1n) is 7.37. The first-order chi connectivity index (χ1) is 11.0. The number of nitrogens with zero attached hydrogens (tertiary/aromatic N) is 1. The van der Waals surface area contributed by atoms with Crippen LogP contribution in [0.25, 0.3) is 0 Å². The zero-order valence-electron chi connectivity index (χ0n) is 12.7. The zero-order valence-corrected chi connectivity index (χ0v) is 13.5. The van der Waals surface area contributed by atoms with Crippen LogP contribution in [0, 0.1) is 17.2 Å². The second kappa shape index (κ2) is 7.80. The van der Waals surface area contributed by atoms with E-state index in [9.17, 15) is 9.59 Å². The number of amides is 1. The van der Waals surface area contributed by atoms with Crippen LogP contribution in [0.3, 0.4) is 0 Å². The molecule has 6 heteroatoms. The van der Waals surface area contributed by atoms with Crippen molar-refractivity contribution in [2.45, 2.75) is 32.3 Å². The van der Waals surface area contributed by atoms with Crippen LogP contribution >= 0.6 is 11.6 Å². The molecule has 1 aromatic rings. The molecule has 0 heterocycles. The minimum absolute atomic E-state index is 0.181.